The van der Waals surface area contributed by atoms with Crippen molar-refractivity contribution in [2.24, 2.45) is 11.7 Å². The van der Waals surface area contributed by atoms with Crippen molar-refractivity contribution < 1.29 is 14.3 Å². The number of thiophene rings is 1. The average Bonchev–Trinajstić information content (AvgIpc) is 3.43. The minimum absolute atomic E-state index is 0.146. The molecule has 2 fully saturated rings. The zero-order chi connectivity index (χ0) is 23.7. The monoisotopic (exact) mass is 482 g/mol. The second-order valence-corrected chi connectivity index (χ2v) is 11.1. The fraction of sp³-hybridized carbons (Fsp3) is 0.654. The summed E-state index contributed by atoms with van der Waals surface area (Å²) in [6.07, 6.45) is 9.96. The number of morpholine rings is 1. The van der Waals surface area contributed by atoms with Crippen molar-refractivity contribution in [3.63, 3.8) is 0 Å². The first kappa shape index (κ1) is 23.5. The van der Waals surface area contributed by atoms with E-state index < -0.39 is 11.8 Å². The van der Waals surface area contributed by atoms with Gasteiger partial charge in [-0.1, -0.05) is 6.92 Å². The maximum Gasteiger partial charge on any atom is 0.234 e. The van der Waals surface area contributed by atoms with Crippen LogP contribution in [0.2, 0.25) is 0 Å². The molecule has 1 saturated carbocycles. The number of nitriles is 1. The van der Waals surface area contributed by atoms with Gasteiger partial charge in [0.25, 0.3) is 0 Å². The Hall–Kier alpha value is -2.21. The number of fused-ring (bicyclic) bond motifs is 3. The highest BCUT2D eigenvalue weighted by molar-refractivity contribution is 7.19. The number of nitrogens with two attached hydrogens (primary N) is 1. The van der Waals surface area contributed by atoms with Crippen LogP contribution in [-0.2, 0) is 16.0 Å². The van der Waals surface area contributed by atoms with Gasteiger partial charge in [-0.25, -0.2) is 4.98 Å². The third-order valence-electron chi connectivity index (χ3n) is 8.31. The number of hydrogen-bond donors (Lipinski definition) is 1. The molecule has 34 heavy (non-hydrogen) atoms. The van der Waals surface area contributed by atoms with Gasteiger partial charge in [-0.15, -0.1) is 11.3 Å². The van der Waals surface area contributed by atoms with Crippen molar-refractivity contribution >= 4 is 27.5 Å². The number of ether oxygens (including phenoxy) is 2. The molecule has 2 N–H and O–H groups in total. The summed E-state index contributed by atoms with van der Waals surface area (Å²) in [5.41, 5.74) is 6.97. The Labute approximate surface area is 205 Å². The molecule has 0 radical (unpaired) electrons. The van der Waals surface area contributed by atoms with Crippen LogP contribution in [0.4, 0.5) is 0 Å². The van der Waals surface area contributed by atoms with Crippen LogP contribution in [0, 0.1) is 17.2 Å². The van der Waals surface area contributed by atoms with Crippen molar-refractivity contribution in [2.45, 2.75) is 75.9 Å². The lowest BCUT2D eigenvalue weighted by Crippen LogP contribution is -2.55. The van der Waals surface area contributed by atoms with Gasteiger partial charge < -0.3 is 15.2 Å². The van der Waals surface area contributed by atoms with E-state index in [2.05, 4.69) is 22.9 Å². The molecule has 1 amide bonds. The number of nitrogens with zero attached hydrogens (tertiary/aromatic N) is 3. The summed E-state index contributed by atoms with van der Waals surface area (Å²) in [4.78, 5) is 21.3. The fourth-order valence-electron chi connectivity index (χ4n) is 6.34. The molecule has 1 aliphatic heterocycles. The van der Waals surface area contributed by atoms with E-state index >= 15 is 0 Å². The van der Waals surface area contributed by atoms with Crippen molar-refractivity contribution in [3.8, 4) is 11.8 Å². The SMILES string of the molecule is CC[C@]1(N2CCOCC2)CC[C@H](Oc2ccnc3sc4c(c23)[C@@H](C[C@H](C#N)C(N)=O)CC4)CC1. The van der Waals surface area contributed by atoms with Gasteiger partial charge >= 0.3 is 0 Å². The number of rotatable bonds is 7. The number of amides is 1. The first-order chi connectivity index (χ1) is 16.5. The van der Waals surface area contributed by atoms with Gasteiger partial charge in [-0.05, 0) is 68.9 Å². The summed E-state index contributed by atoms with van der Waals surface area (Å²) in [6, 6.07) is 4.08. The smallest absolute Gasteiger partial charge is 0.234 e. The van der Waals surface area contributed by atoms with Crippen LogP contribution in [0.1, 0.15) is 68.2 Å². The highest BCUT2D eigenvalue weighted by Gasteiger charge is 2.40. The van der Waals surface area contributed by atoms with Crippen LogP contribution in [0.25, 0.3) is 10.2 Å². The molecule has 7 nitrogen and oxygen atoms in total. The second-order valence-electron chi connectivity index (χ2n) is 9.98. The van der Waals surface area contributed by atoms with E-state index in [1.54, 1.807) is 11.3 Å². The van der Waals surface area contributed by atoms with E-state index in [9.17, 15) is 10.1 Å². The van der Waals surface area contributed by atoms with Gasteiger partial charge in [-0.3, -0.25) is 9.69 Å². The van der Waals surface area contributed by atoms with Crippen molar-refractivity contribution in [1.29, 1.82) is 5.26 Å². The molecule has 1 saturated heterocycles. The van der Waals surface area contributed by atoms with E-state index in [1.165, 1.54) is 16.9 Å². The van der Waals surface area contributed by atoms with Crippen LogP contribution in [0.15, 0.2) is 12.3 Å². The number of hydrogen-bond acceptors (Lipinski definition) is 7. The molecule has 182 valence electrons. The highest BCUT2D eigenvalue weighted by atomic mass is 32.1. The maximum absolute atomic E-state index is 11.7. The predicted molar refractivity (Wildman–Crippen MR) is 132 cm³/mol. The van der Waals surface area contributed by atoms with Crippen molar-refractivity contribution in [1.82, 2.24) is 9.88 Å². The molecule has 2 aromatic rings. The van der Waals surface area contributed by atoms with Gasteiger partial charge in [0, 0.05) is 29.7 Å². The Morgan fingerprint density at radius 2 is 2.15 bits per heavy atom. The van der Waals surface area contributed by atoms with E-state index in [0.717, 1.165) is 80.8 Å². The van der Waals surface area contributed by atoms with Crippen molar-refractivity contribution in [2.75, 3.05) is 26.3 Å². The standard InChI is InChI=1S/C26H34N4O3S/c1-2-26(30-11-13-32-14-12-30)8-5-19(6-9-26)33-20-7-10-29-25-23(20)22-17(3-4-21(22)34-25)15-18(16-27)24(28)31/h7,10,17-19H,2-6,8-9,11-15H2,1H3,(H2,28,31)/t17-,18-,19-,26-/m1/s1. The summed E-state index contributed by atoms with van der Waals surface area (Å²) in [6.45, 7) is 6.05. The Morgan fingerprint density at radius 1 is 1.38 bits per heavy atom. The first-order valence-electron chi connectivity index (χ1n) is 12.6. The molecule has 0 unspecified atom stereocenters. The Balaban J connectivity index is 1.34. The van der Waals surface area contributed by atoms with E-state index in [4.69, 9.17) is 15.2 Å². The Bertz CT molecular complexity index is 1080. The average molecular weight is 483 g/mol. The zero-order valence-electron chi connectivity index (χ0n) is 19.9. The number of primary amides is 1. The largest absolute Gasteiger partial charge is 0.490 e. The molecule has 5 rings (SSSR count). The predicted octanol–water partition coefficient (Wildman–Crippen LogP) is 4.14. The van der Waals surface area contributed by atoms with Gasteiger partial charge in [0.05, 0.1) is 30.8 Å². The zero-order valence-corrected chi connectivity index (χ0v) is 20.7. The van der Waals surface area contributed by atoms with Crippen LogP contribution in [0.5, 0.6) is 5.75 Å². The number of aryl methyl sites for hydroxylation is 1. The summed E-state index contributed by atoms with van der Waals surface area (Å²) < 4.78 is 12.3. The molecule has 2 aliphatic carbocycles. The lowest BCUT2D eigenvalue weighted by atomic mass is 9.77. The minimum Gasteiger partial charge on any atom is -0.490 e. The first-order valence-corrected chi connectivity index (χ1v) is 13.4. The molecule has 0 spiro atoms. The van der Waals surface area contributed by atoms with Crippen LogP contribution >= 0.6 is 11.3 Å². The molecular formula is C26H34N4O3S. The number of carbonyl (C=O) groups excluding carboxylic acids is 1. The van der Waals surface area contributed by atoms with Crippen LogP contribution < -0.4 is 10.5 Å². The molecule has 0 bridgehead atoms. The summed E-state index contributed by atoms with van der Waals surface area (Å²) in [5, 5.41) is 10.5. The second kappa shape index (κ2) is 9.80. The minimum atomic E-state index is -0.757. The molecule has 3 aliphatic rings. The summed E-state index contributed by atoms with van der Waals surface area (Å²) in [7, 11) is 0. The van der Waals surface area contributed by atoms with Gasteiger partial charge in [-0.2, -0.15) is 5.26 Å². The maximum atomic E-state index is 11.7. The number of carbonyl (C=O) groups is 1. The topological polar surface area (TPSA) is 101 Å². The lowest BCUT2D eigenvalue weighted by molar-refractivity contribution is -0.120. The van der Waals surface area contributed by atoms with Gasteiger partial charge in [0.2, 0.25) is 5.91 Å². The third-order valence-corrected chi connectivity index (χ3v) is 9.49. The molecule has 0 aromatic carbocycles. The molecule has 2 atom stereocenters. The highest BCUT2D eigenvalue weighted by Crippen LogP contribution is 2.49. The van der Waals surface area contributed by atoms with E-state index in [1.807, 2.05) is 12.3 Å². The Kier molecular flexibility index (Phi) is 6.79. The lowest BCUT2D eigenvalue weighted by Gasteiger charge is -2.49. The van der Waals surface area contributed by atoms with E-state index in [-0.39, 0.29) is 17.6 Å². The summed E-state index contributed by atoms with van der Waals surface area (Å²) >= 11 is 1.72. The molecule has 3 heterocycles. The van der Waals surface area contributed by atoms with Gasteiger partial charge in [0.1, 0.15) is 16.5 Å². The van der Waals surface area contributed by atoms with E-state index in [0.29, 0.717) is 6.42 Å². The molecular weight excluding hydrogens is 448 g/mol. The Morgan fingerprint density at radius 3 is 2.82 bits per heavy atom. The summed E-state index contributed by atoms with van der Waals surface area (Å²) in [5.74, 6) is -0.241. The van der Waals surface area contributed by atoms with Crippen molar-refractivity contribution in [3.05, 3.63) is 22.7 Å². The normalized spacial score (nSPS) is 28.4. The fourth-order valence-corrected chi connectivity index (χ4v) is 7.60. The molecule has 8 heteroatoms. The van der Waals surface area contributed by atoms with Crippen LogP contribution in [0.3, 0.4) is 0 Å². The van der Waals surface area contributed by atoms with Crippen LogP contribution in [-0.4, -0.2) is 53.7 Å². The number of pyridine rings is 1. The van der Waals surface area contributed by atoms with Gasteiger partial charge in [0.15, 0.2) is 0 Å². The molecule has 2 aromatic heterocycles. The third kappa shape index (κ3) is 4.30. The number of aromatic nitrogens is 1. The quantitative estimate of drug-likeness (QED) is 0.636.